The van der Waals surface area contributed by atoms with Crippen LogP contribution in [0, 0.1) is 6.92 Å². The summed E-state index contributed by atoms with van der Waals surface area (Å²) in [6.45, 7) is 1.88. The van der Waals surface area contributed by atoms with Crippen LogP contribution in [0.5, 0.6) is 0 Å². The van der Waals surface area contributed by atoms with Gasteiger partial charge in [-0.1, -0.05) is 17.7 Å². The van der Waals surface area contributed by atoms with Crippen LogP contribution in [0.2, 0.25) is 0 Å². The molecule has 0 spiro atoms. The molecular weight excluding hydrogens is 329 g/mol. The van der Waals surface area contributed by atoms with Crippen LogP contribution in [0.3, 0.4) is 0 Å². The Balaban J connectivity index is -0.000000211. The van der Waals surface area contributed by atoms with E-state index in [0.717, 1.165) is 5.56 Å². The van der Waals surface area contributed by atoms with Crippen LogP contribution in [0.15, 0.2) is 24.3 Å². The van der Waals surface area contributed by atoms with Crippen LogP contribution in [0.25, 0.3) is 0 Å². The third kappa shape index (κ3) is 8.08. The zero-order chi connectivity index (χ0) is 10.1. The minimum absolute atomic E-state index is 0. The van der Waals surface area contributed by atoms with Gasteiger partial charge in [0, 0.05) is 0 Å². The van der Waals surface area contributed by atoms with E-state index in [1.54, 1.807) is 24.3 Å². The molecule has 1 rings (SSSR count). The molecule has 0 saturated heterocycles. The molecule has 7 nitrogen and oxygen atoms in total. The monoisotopic (exact) mass is 343 g/mol. The average Bonchev–Trinajstić information content (AvgIpc) is 2.03. The molecule has 98 valence electrons. The van der Waals surface area contributed by atoms with Gasteiger partial charge in [-0.15, -0.1) is 0 Å². The minimum atomic E-state index is -4.22. The summed E-state index contributed by atoms with van der Waals surface area (Å²) in [5.74, 6) is 0. The van der Waals surface area contributed by atoms with Crippen molar-refractivity contribution in [2.24, 2.45) is 0 Å². The molecule has 0 saturated carbocycles. The molecule has 10 heteroatoms. The molecule has 0 unspecified atom stereocenters. The van der Waals surface area contributed by atoms with Gasteiger partial charge in [-0.3, -0.25) is 4.55 Å². The predicted molar refractivity (Wildman–Crippen MR) is 72.1 cm³/mol. The number of rotatable bonds is 2. The summed E-state index contributed by atoms with van der Waals surface area (Å²) in [7, 11) is -4.22. The van der Waals surface area contributed by atoms with Crippen LogP contribution in [-0.4, -0.2) is 59.0 Å². The molecule has 0 atom stereocenters. The Morgan fingerprint density at radius 3 is 1.76 bits per heavy atom. The molecule has 1 aromatic rings. The van der Waals surface area contributed by atoms with Crippen LogP contribution in [0.1, 0.15) is 5.56 Å². The first-order valence-electron chi connectivity index (χ1n) is 3.41. The number of aryl methyl sites for hydroxylation is 1. The van der Waals surface area contributed by atoms with Gasteiger partial charge in [-0.25, -0.2) is 0 Å². The quantitative estimate of drug-likeness (QED) is 0.407. The average molecular weight is 344 g/mol. The van der Waals surface area contributed by atoms with Gasteiger partial charge in [0.25, 0.3) is 0 Å². The molecule has 0 amide bonds. The van der Waals surface area contributed by atoms with Gasteiger partial charge in [0.2, 0.25) is 0 Å². The Morgan fingerprint density at radius 1 is 1.12 bits per heavy atom. The molecule has 0 aromatic heterocycles. The first-order chi connectivity index (χ1) is 5.91. The van der Waals surface area contributed by atoms with Crippen molar-refractivity contribution in [3.63, 3.8) is 0 Å². The van der Waals surface area contributed by atoms with Gasteiger partial charge in [0.05, 0.1) is 21.8 Å². The molecule has 7 N–H and O–H groups in total. The summed E-state index contributed by atoms with van der Waals surface area (Å²) in [6.07, 6.45) is 0. The molecule has 0 heterocycles. The number of nitrogens with zero attached hydrogens (tertiary/aromatic N) is 1. The first-order valence-corrected chi connectivity index (χ1v) is 5.52. The van der Waals surface area contributed by atoms with Crippen molar-refractivity contribution >= 4 is 61.7 Å². The van der Waals surface area contributed by atoms with E-state index in [-0.39, 0.29) is 46.0 Å². The molecule has 0 fully saturated rings. The van der Waals surface area contributed by atoms with E-state index in [1.807, 2.05) is 6.92 Å². The van der Waals surface area contributed by atoms with Gasteiger partial charge in [-0.2, -0.15) is 11.7 Å². The fraction of sp³-hybridized carbons (Fsp3) is 0.143. The second kappa shape index (κ2) is 10.2. The van der Waals surface area contributed by atoms with Crippen molar-refractivity contribution in [3.8, 4) is 0 Å². The van der Waals surface area contributed by atoms with Crippen molar-refractivity contribution in [1.82, 2.24) is 0 Å². The molecular formula is C7H15BrNNaO6S. The maximum atomic E-state index is 10.7. The van der Waals surface area contributed by atoms with Crippen molar-refractivity contribution < 1.29 is 29.4 Å². The molecule has 0 bridgehead atoms. The van der Waals surface area contributed by atoms with Crippen molar-refractivity contribution in [3.05, 3.63) is 29.8 Å². The summed E-state index contributed by atoms with van der Waals surface area (Å²) in [6, 6.07) is 6.65. The topological polar surface area (TPSA) is 152 Å². The Morgan fingerprint density at radius 2 is 1.47 bits per heavy atom. The van der Waals surface area contributed by atoms with Crippen molar-refractivity contribution in [2.45, 2.75) is 6.92 Å². The third-order valence-corrected chi connectivity index (χ3v) is 3.56. The number of hydrogen-bond donors (Lipinski definition) is 1. The van der Waals surface area contributed by atoms with Crippen LogP contribution in [-0.2, 0) is 10.3 Å². The number of halogens is 1. The van der Waals surface area contributed by atoms with E-state index >= 15 is 0 Å². The van der Waals surface area contributed by atoms with Gasteiger partial charge >= 0.3 is 39.9 Å². The predicted octanol–water partition coefficient (Wildman–Crippen LogP) is -1.21. The number of benzene rings is 1. The van der Waals surface area contributed by atoms with E-state index in [1.165, 1.54) is 0 Å². The van der Waals surface area contributed by atoms with Gasteiger partial charge in [-0.05, 0) is 19.1 Å². The molecule has 17 heavy (non-hydrogen) atoms. The van der Waals surface area contributed by atoms with Gasteiger partial charge in [0.1, 0.15) is 0 Å². The van der Waals surface area contributed by atoms with Gasteiger partial charge < -0.3 is 16.4 Å². The zero-order valence-corrected chi connectivity index (χ0v) is 10.7. The van der Waals surface area contributed by atoms with Crippen molar-refractivity contribution in [1.29, 1.82) is 0 Å². The summed E-state index contributed by atoms with van der Waals surface area (Å²) < 4.78 is 30.6. The zero-order valence-electron chi connectivity index (χ0n) is 8.31. The van der Waals surface area contributed by atoms with Crippen LogP contribution >= 0.6 is 16.1 Å². The molecule has 0 aliphatic rings. The SMILES string of the molecule is Cc1ccc(N(Br)S(=O)(=O)O)cc1.O.O.O.[NaH]. The number of anilines is 1. The molecule has 1 aromatic carbocycles. The summed E-state index contributed by atoms with van der Waals surface area (Å²) >= 11 is 2.73. The van der Waals surface area contributed by atoms with Gasteiger partial charge in [0.15, 0.2) is 0 Å². The molecule has 0 aliphatic heterocycles. The second-order valence-corrected chi connectivity index (χ2v) is 4.97. The normalized spacial score (nSPS) is 8.65. The van der Waals surface area contributed by atoms with E-state index in [2.05, 4.69) is 16.1 Å². The molecule has 0 aliphatic carbocycles. The summed E-state index contributed by atoms with van der Waals surface area (Å²) in [5, 5.41) is 0. The fourth-order valence-corrected chi connectivity index (χ4v) is 1.42. The third-order valence-electron chi connectivity index (χ3n) is 1.44. The Bertz CT molecular complexity index is 397. The Labute approximate surface area is 130 Å². The summed E-state index contributed by atoms with van der Waals surface area (Å²) in [5.41, 5.74) is 1.37. The fourth-order valence-electron chi connectivity index (χ4n) is 0.795. The molecule has 0 radical (unpaired) electrons. The van der Waals surface area contributed by atoms with E-state index in [9.17, 15) is 8.42 Å². The standard InChI is InChI=1S/C7H8BrNO3S.Na.3H2O.H/c1-6-2-4-7(5-3-6)9(8)13(10,11)12;;;;;/h2-5H,1H3,(H,10,11,12);;3*1H2;. The first kappa shape index (κ1) is 26.0. The Hall–Kier alpha value is 0.290. The summed E-state index contributed by atoms with van der Waals surface area (Å²) in [4.78, 5) is 0. The van der Waals surface area contributed by atoms with E-state index < -0.39 is 10.3 Å². The van der Waals surface area contributed by atoms with E-state index in [4.69, 9.17) is 4.55 Å². The van der Waals surface area contributed by atoms with E-state index in [0.29, 0.717) is 9.02 Å². The van der Waals surface area contributed by atoms with Crippen LogP contribution < -0.4 is 3.33 Å². The van der Waals surface area contributed by atoms with Crippen molar-refractivity contribution in [2.75, 3.05) is 3.33 Å². The number of hydrogen-bond acceptors (Lipinski definition) is 2. The van der Waals surface area contributed by atoms with Crippen LogP contribution in [0.4, 0.5) is 5.69 Å². The maximum absolute atomic E-state index is 10.7. The Kier molecular flexibility index (Phi) is 15.6. The second-order valence-electron chi connectivity index (χ2n) is 2.53.